The third kappa shape index (κ3) is 5.61. The molecular weight excluding hydrogens is 353 g/mol. The second kappa shape index (κ2) is 7.61. The number of rotatable bonds is 5. The Morgan fingerprint density at radius 3 is 2.36 bits per heavy atom. The molecule has 2 heterocycles. The van der Waals surface area contributed by atoms with Gasteiger partial charge in [0.05, 0.1) is 10.7 Å². The van der Waals surface area contributed by atoms with Gasteiger partial charge >= 0.3 is 6.36 Å². The third-order valence-electron chi connectivity index (χ3n) is 3.95. The van der Waals surface area contributed by atoms with Gasteiger partial charge in [-0.15, -0.1) is 24.5 Å². The zero-order valence-corrected chi connectivity index (χ0v) is 14.6. The SMILES string of the molecule is Cc1nc(CN2CCC(Oc3ccc(OC(F)(F)F)cc3)CC2)cs1. The van der Waals surface area contributed by atoms with E-state index in [1.807, 2.05) is 6.92 Å². The molecule has 4 nitrogen and oxygen atoms in total. The van der Waals surface area contributed by atoms with E-state index in [0.29, 0.717) is 5.75 Å². The molecular formula is C17H19F3N2O2S. The van der Waals surface area contributed by atoms with E-state index in [-0.39, 0.29) is 11.9 Å². The molecule has 0 radical (unpaired) electrons. The van der Waals surface area contributed by atoms with Crippen molar-refractivity contribution in [2.24, 2.45) is 0 Å². The van der Waals surface area contributed by atoms with Crippen LogP contribution in [0.5, 0.6) is 11.5 Å². The maximum atomic E-state index is 12.1. The van der Waals surface area contributed by atoms with Crippen molar-refractivity contribution in [1.82, 2.24) is 9.88 Å². The molecule has 0 atom stereocenters. The predicted molar refractivity (Wildman–Crippen MR) is 88.9 cm³/mol. The number of alkyl halides is 3. The number of nitrogens with zero attached hydrogens (tertiary/aromatic N) is 2. The maximum Gasteiger partial charge on any atom is 0.573 e. The monoisotopic (exact) mass is 372 g/mol. The summed E-state index contributed by atoms with van der Waals surface area (Å²) >= 11 is 1.66. The van der Waals surface area contributed by atoms with Crippen LogP contribution in [0.15, 0.2) is 29.6 Å². The second-order valence-electron chi connectivity index (χ2n) is 5.97. The van der Waals surface area contributed by atoms with Gasteiger partial charge in [-0.05, 0) is 44.0 Å². The molecule has 0 spiro atoms. The summed E-state index contributed by atoms with van der Waals surface area (Å²) in [5, 5.41) is 3.16. The summed E-state index contributed by atoms with van der Waals surface area (Å²) in [5.74, 6) is 0.316. The summed E-state index contributed by atoms with van der Waals surface area (Å²) in [6.45, 7) is 4.67. The lowest BCUT2D eigenvalue weighted by Crippen LogP contribution is -2.37. The van der Waals surface area contributed by atoms with E-state index < -0.39 is 6.36 Å². The molecule has 1 aromatic heterocycles. The van der Waals surface area contributed by atoms with Crippen molar-refractivity contribution < 1.29 is 22.6 Å². The average Bonchev–Trinajstić information content (AvgIpc) is 2.95. The first-order valence-electron chi connectivity index (χ1n) is 8.03. The summed E-state index contributed by atoms with van der Waals surface area (Å²) in [4.78, 5) is 6.82. The minimum Gasteiger partial charge on any atom is -0.490 e. The van der Waals surface area contributed by atoms with Gasteiger partial charge in [0.15, 0.2) is 0 Å². The van der Waals surface area contributed by atoms with Crippen LogP contribution in [-0.4, -0.2) is 35.4 Å². The van der Waals surface area contributed by atoms with E-state index in [0.717, 1.165) is 43.2 Å². The molecule has 0 N–H and O–H groups in total. The Hall–Kier alpha value is -1.80. The summed E-state index contributed by atoms with van der Waals surface area (Å²) in [6, 6.07) is 5.54. The molecule has 0 bridgehead atoms. The number of hydrogen-bond acceptors (Lipinski definition) is 5. The molecule has 1 aliphatic rings. The average molecular weight is 372 g/mol. The molecule has 1 aliphatic heterocycles. The second-order valence-corrected chi connectivity index (χ2v) is 7.03. The number of hydrogen-bond donors (Lipinski definition) is 0. The number of aryl methyl sites for hydroxylation is 1. The highest BCUT2D eigenvalue weighted by Gasteiger charge is 2.31. The van der Waals surface area contributed by atoms with Crippen molar-refractivity contribution in [2.75, 3.05) is 13.1 Å². The Morgan fingerprint density at radius 2 is 1.80 bits per heavy atom. The number of ether oxygens (including phenoxy) is 2. The van der Waals surface area contributed by atoms with Crippen LogP contribution in [0.1, 0.15) is 23.5 Å². The van der Waals surface area contributed by atoms with Gasteiger partial charge in [0.2, 0.25) is 0 Å². The highest BCUT2D eigenvalue weighted by molar-refractivity contribution is 7.09. The van der Waals surface area contributed by atoms with E-state index in [1.165, 1.54) is 24.3 Å². The van der Waals surface area contributed by atoms with Crippen molar-refractivity contribution in [2.45, 2.75) is 38.8 Å². The van der Waals surface area contributed by atoms with Crippen LogP contribution in [-0.2, 0) is 6.54 Å². The molecule has 0 amide bonds. The minimum atomic E-state index is -4.68. The Balaban J connectivity index is 1.45. The summed E-state index contributed by atoms with van der Waals surface area (Å²) in [6.07, 6.45) is -2.85. The number of benzene rings is 1. The van der Waals surface area contributed by atoms with Crippen LogP contribution in [0.4, 0.5) is 13.2 Å². The van der Waals surface area contributed by atoms with Gasteiger partial charge in [-0.2, -0.15) is 0 Å². The van der Waals surface area contributed by atoms with Crippen LogP contribution in [0.2, 0.25) is 0 Å². The Kier molecular flexibility index (Phi) is 5.48. The standard InChI is InChI=1S/C17H19F3N2O2S/c1-12-21-13(11-25-12)10-22-8-6-15(7-9-22)23-14-2-4-16(5-3-14)24-17(18,19)20/h2-5,11,15H,6-10H2,1H3. The van der Waals surface area contributed by atoms with Crippen molar-refractivity contribution >= 4 is 11.3 Å². The molecule has 25 heavy (non-hydrogen) atoms. The van der Waals surface area contributed by atoms with E-state index >= 15 is 0 Å². The van der Waals surface area contributed by atoms with Crippen LogP contribution >= 0.6 is 11.3 Å². The molecule has 136 valence electrons. The van der Waals surface area contributed by atoms with Crippen LogP contribution in [0.3, 0.4) is 0 Å². The minimum absolute atomic E-state index is 0.0720. The number of aromatic nitrogens is 1. The topological polar surface area (TPSA) is 34.6 Å². The van der Waals surface area contributed by atoms with Gasteiger partial charge < -0.3 is 9.47 Å². The first kappa shape index (κ1) is 18.0. The van der Waals surface area contributed by atoms with Crippen LogP contribution in [0, 0.1) is 6.92 Å². The van der Waals surface area contributed by atoms with Crippen LogP contribution < -0.4 is 9.47 Å². The first-order chi connectivity index (χ1) is 11.9. The molecule has 0 aliphatic carbocycles. The van der Waals surface area contributed by atoms with Crippen LogP contribution in [0.25, 0.3) is 0 Å². The van der Waals surface area contributed by atoms with E-state index in [9.17, 15) is 13.2 Å². The highest BCUT2D eigenvalue weighted by atomic mass is 32.1. The van der Waals surface area contributed by atoms with Crippen molar-refractivity contribution in [3.8, 4) is 11.5 Å². The number of halogens is 3. The predicted octanol–water partition coefficient (Wildman–Crippen LogP) is 4.39. The summed E-state index contributed by atoms with van der Waals surface area (Å²) < 4.78 is 46.2. The normalized spacial score (nSPS) is 16.8. The molecule has 8 heteroatoms. The number of thiazole rings is 1. The van der Waals surface area contributed by atoms with Gasteiger partial charge in [-0.3, -0.25) is 4.90 Å². The van der Waals surface area contributed by atoms with Gasteiger partial charge in [-0.1, -0.05) is 0 Å². The molecule has 1 aromatic carbocycles. The van der Waals surface area contributed by atoms with Crippen molar-refractivity contribution in [3.63, 3.8) is 0 Å². The lowest BCUT2D eigenvalue weighted by atomic mass is 10.1. The lowest BCUT2D eigenvalue weighted by Gasteiger charge is -2.31. The number of likely N-dealkylation sites (tertiary alicyclic amines) is 1. The largest absolute Gasteiger partial charge is 0.573 e. The molecule has 0 saturated carbocycles. The number of piperidine rings is 1. The fourth-order valence-corrected chi connectivity index (χ4v) is 3.41. The zero-order valence-electron chi connectivity index (χ0n) is 13.8. The van der Waals surface area contributed by atoms with E-state index in [4.69, 9.17) is 4.74 Å². The Labute approximate surface area is 148 Å². The highest BCUT2D eigenvalue weighted by Crippen LogP contribution is 2.26. The Bertz CT molecular complexity index is 680. The van der Waals surface area contributed by atoms with E-state index in [1.54, 1.807) is 11.3 Å². The van der Waals surface area contributed by atoms with Gasteiger partial charge in [0, 0.05) is 25.0 Å². The van der Waals surface area contributed by atoms with Gasteiger partial charge in [0.25, 0.3) is 0 Å². The molecule has 1 fully saturated rings. The van der Waals surface area contributed by atoms with Crippen molar-refractivity contribution in [3.05, 3.63) is 40.3 Å². The summed E-state index contributed by atoms with van der Waals surface area (Å²) in [7, 11) is 0. The molecule has 3 rings (SSSR count). The smallest absolute Gasteiger partial charge is 0.490 e. The maximum absolute atomic E-state index is 12.1. The fraction of sp³-hybridized carbons (Fsp3) is 0.471. The molecule has 1 saturated heterocycles. The van der Waals surface area contributed by atoms with Crippen molar-refractivity contribution in [1.29, 1.82) is 0 Å². The van der Waals surface area contributed by atoms with Gasteiger partial charge in [-0.25, -0.2) is 4.98 Å². The third-order valence-corrected chi connectivity index (χ3v) is 4.77. The quantitative estimate of drug-likeness (QED) is 0.780. The zero-order chi connectivity index (χ0) is 17.9. The van der Waals surface area contributed by atoms with Gasteiger partial charge in [0.1, 0.15) is 17.6 Å². The van der Waals surface area contributed by atoms with E-state index in [2.05, 4.69) is 20.0 Å². The molecule has 2 aromatic rings. The summed E-state index contributed by atoms with van der Waals surface area (Å²) in [5.41, 5.74) is 1.10. The fourth-order valence-electron chi connectivity index (χ4n) is 2.81. The Morgan fingerprint density at radius 1 is 1.16 bits per heavy atom. The first-order valence-corrected chi connectivity index (χ1v) is 8.91. The lowest BCUT2D eigenvalue weighted by molar-refractivity contribution is -0.274. The molecule has 0 unspecified atom stereocenters.